The third-order valence-electron chi connectivity index (χ3n) is 8.11. The molecule has 1 saturated heterocycles. The summed E-state index contributed by atoms with van der Waals surface area (Å²) < 4.78 is 23.7. The molecule has 5 rings (SSSR count). The number of nitriles is 1. The number of carbonyl (C=O) groups is 1. The van der Waals surface area contributed by atoms with Gasteiger partial charge in [0, 0.05) is 42.6 Å². The van der Waals surface area contributed by atoms with Crippen LogP contribution in [0, 0.1) is 22.7 Å². The fourth-order valence-corrected chi connectivity index (χ4v) is 8.20. The van der Waals surface area contributed by atoms with Crippen molar-refractivity contribution in [3.8, 4) is 16.5 Å². The van der Waals surface area contributed by atoms with Crippen LogP contribution in [0.15, 0.2) is 24.3 Å². The zero-order valence-corrected chi connectivity index (χ0v) is 24.3. The summed E-state index contributed by atoms with van der Waals surface area (Å²) in [6, 6.07) is 10.7. The monoisotopic (exact) mass is 554 g/mol. The highest BCUT2D eigenvalue weighted by Crippen LogP contribution is 2.51. The molecule has 1 aromatic carbocycles. The quantitative estimate of drug-likeness (QED) is 0.462. The predicted molar refractivity (Wildman–Crippen MR) is 153 cm³/mol. The van der Waals surface area contributed by atoms with Gasteiger partial charge >= 0.3 is 0 Å². The van der Waals surface area contributed by atoms with E-state index in [2.05, 4.69) is 61.3 Å². The van der Waals surface area contributed by atoms with E-state index in [-0.39, 0.29) is 34.7 Å². The molecule has 204 valence electrons. The van der Waals surface area contributed by atoms with E-state index in [1.807, 2.05) is 0 Å². The molecule has 0 amide bonds. The number of nitrogens with zero attached hydrogens (tertiary/aromatic N) is 3. The third kappa shape index (κ3) is 6.07. The van der Waals surface area contributed by atoms with Crippen LogP contribution in [0.5, 0.6) is 0 Å². The molecular formula is C29H38N4O3S2. The van der Waals surface area contributed by atoms with E-state index in [1.54, 1.807) is 11.3 Å². The van der Waals surface area contributed by atoms with E-state index < -0.39 is 15.3 Å². The Bertz CT molecular complexity index is 1320. The second-order valence-electron chi connectivity index (χ2n) is 12.3. The SMILES string of the molecule is CC(C)(C)Nc1nc([C@@H]2CCCC[C@H]2C(=O)CC2(C#N)CC2)c(-c2ccc(N3CCS(=O)(=O)CC3)cc2)s1. The van der Waals surface area contributed by atoms with Gasteiger partial charge in [-0.15, -0.1) is 0 Å². The molecule has 9 heteroatoms. The van der Waals surface area contributed by atoms with Crippen LogP contribution in [-0.2, 0) is 14.6 Å². The molecule has 0 radical (unpaired) electrons. The molecule has 0 unspecified atom stereocenters. The minimum atomic E-state index is -2.93. The normalized spacial score (nSPS) is 24.4. The Hall–Kier alpha value is -2.44. The Kier molecular flexibility index (Phi) is 7.34. The second kappa shape index (κ2) is 10.3. The number of rotatable bonds is 7. The van der Waals surface area contributed by atoms with Gasteiger partial charge in [-0.25, -0.2) is 13.4 Å². The third-order valence-corrected chi connectivity index (χ3v) is 10.8. The molecule has 1 aliphatic heterocycles. The van der Waals surface area contributed by atoms with Crippen LogP contribution >= 0.6 is 11.3 Å². The first-order chi connectivity index (χ1) is 18.0. The lowest BCUT2D eigenvalue weighted by molar-refractivity contribution is -0.125. The summed E-state index contributed by atoms with van der Waals surface area (Å²) in [6.45, 7) is 7.38. The Morgan fingerprint density at radius 1 is 1.16 bits per heavy atom. The first-order valence-electron chi connectivity index (χ1n) is 13.8. The van der Waals surface area contributed by atoms with Crippen molar-refractivity contribution in [1.82, 2.24) is 4.98 Å². The number of carbonyl (C=O) groups excluding carboxylic acids is 1. The molecule has 2 aromatic rings. The number of nitrogens with one attached hydrogen (secondary N) is 1. The van der Waals surface area contributed by atoms with E-state index in [9.17, 15) is 18.5 Å². The van der Waals surface area contributed by atoms with Gasteiger partial charge in [-0.05, 0) is 64.2 Å². The number of ketones is 1. The maximum Gasteiger partial charge on any atom is 0.183 e. The lowest BCUT2D eigenvalue weighted by atomic mass is 9.73. The summed E-state index contributed by atoms with van der Waals surface area (Å²) in [5, 5.41) is 14.0. The molecule has 1 aromatic heterocycles. The summed E-state index contributed by atoms with van der Waals surface area (Å²) in [5.41, 5.74) is 2.53. The van der Waals surface area contributed by atoms with E-state index in [0.29, 0.717) is 19.5 Å². The Balaban J connectivity index is 1.45. The fourth-order valence-electron chi connectivity index (χ4n) is 5.75. The van der Waals surface area contributed by atoms with Gasteiger partial charge in [0.1, 0.15) is 5.78 Å². The van der Waals surface area contributed by atoms with Crippen molar-refractivity contribution >= 4 is 37.8 Å². The van der Waals surface area contributed by atoms with Crippen LogP contribution in [0.4, 0.5) is 10.8 Å². The zero-order valence-electron chi connectivity index (χ0n) is 22.6. The minimum absolute atomic E-state index is 0.0551. The Morgan fingerprint density at radius 3 is 2.42 bits per heavy atom. The van der Waals surface area contributed by atoms with E-state index in [1.165, 1.54) is 0 Å². The van der Waals surface area contributed by atoms with E-state index in [4.69, 9.17) is 4.98 Å². The average molecular weight is 555 g/mol. The predicted octanol–water partition coefficient (Wildman–Crippen LogP) is 5.79. The smallest absolute Gasteiger partial charge is 0.183 e. The van der Waals surface area contributed by atoms with Gasteiger partial charge in [0.15, 0.2) is 15.0 Å². The van der Waals surface area contributed by atoms with Crippen LogP contribution < -0.4 is 10.2 Å². The van der Waals surface area contributed by atoms with Crippen LogP contribution in [0.3, 0.4) is 0 Å². The van der Waals surface area contributed by atoms with Gasteiger partial charge in [0.2, 0.25) is 0 Å². The maximum absolute atomic E-state index is 13.5. The molecule has 2 aliphatic carbocycles. The second-order valence-corrected chi connectivity index (χ2v) is 15.6. The molecule has 2 saturated carbocycles. The zero-order chi connectivity index (χ0) is 27.1. The highest BCUT2D eigenvalue weighted by Gasteiger charge is 2.47. The number of aromatic nitrogens is 1. The van der Waals surface area contributed by atoms with Crippen molar-refractivity contribution in [3.05, 3.63) is 30.0 Å². The number of benzene rings is 1. The molecular weight excluding hydrogens is 516 g/mol. The summed E-state index contributed by atoms with van der Waals surface area (Å²) in [5.74, 6) is 0.583. The highest BCUT2D eigenvalue weighted by atomic mass is 32.2. The molecule has 2 heterocycles. The molecule has 7 nitrogen and oxygen atoms in total. The van der Waals surface area contributed by atoms with Crippen molar-refractivity contribution in [2.24, 2.45) is 11.3 Å². The molecule has 2 atom stereocenters. The van der Waals surface area contributed by atoms with Gasteiger partial charge in [0.05, 0.1) is 33.6 Å². The fraction of sp³-hybridized carbons (Fsp3) is 0.621. The maximum atomic E-state index is 13.5. The van der Waals surface area contributed by atoms with Gasteiger partial charge < -0.3 is 10.2 Å². The molecule has 0 bridgehead atoms. The van der Waals surface area contributed by atoms with Gasteiger partial charge in [0.25, 0.3) is 0 Å². The summed E-state index contributed by atoms with van der Waals surface area (Å²) in [7, 11) is -2.93. The van der Waals surface area contributed by atoms with Crippen molar-refractivity contribution in [2.75, 3.05) is 34.8 Å². The lowest BCUT2D eigenvalue weighted by Crippen LogP contribution is -2.40. The molecule has 38 heavy (non-hydrogen) atoms. The molecule has 3 fully saturated rings. The number of Topliss-reactive ketones (excluding diaryl/α,β-unsaturated/α-hetero) is 1. The minimum Gasteiger partial charge on any atom is -0.369 e. The number of anilines is 2. The number of hydrogen-bond donors (Lipinski definition) is 1. The van der Waals surface area contributed by atoms with Crippen LogP contribution in [0.25, 0.3) is 10.4 Å². The van der Waals surface area contributed by atoms with Crippen LogP contribution in [0.1, 0.15) is 77.3 Å². The summed E-state index contributed by atoms with van der Waals surface area (Å²) >= 11 is 1.64. The van der Waals surface area contributed by atoms with Crippen molar-refractivity contribution in [3.63, 3.8) is 0 Å². The first-order valence-corrected chi connectivity index (χ1v) is 16.4. The van der Waals surface area contributed by atoms with Crippen LogP contribution in [0.2, 0.25) is 0 Å². The topological polar surface area (TPSA) is 103 Å². The number of hydrogen-bond acceptors (Lipinski definition) is 8. The van der Waals surface area contributed by atoms with Gasteiger partial charge in [-0.3, -0.25) is 4.79 Å². The lowest BCUT2D eigenvalue weighted by Gasteiger charge is -2.31. The van der Waals surface area contributed by atoms with E-state index in [0.717, 1.165) is 65.5 Å². The highest BCUT2D eigenvalue weighted by molar-refractivity contribution is 7.91. The summed E-state index contributed by atoms with van der Waals surface area (Å²) in [4.78, 5) is 21.8. The Morgan fingerprint density at radius 2 is 1.82 bits per heavy atom. The molecule has 3 aliphatic rings. The summed E-state index contributed by atoms with van der Waals surface area (Å²) in [6.07, 6.45) is 5.96. The first kappa shape index (κ1) is 27.1. The molecule has 1 N–H and O–H groups in total. The van der Waals surface area contributed by atoms with Crippen molar-refractivity contribution in [2.45, 2.75) is 77.2 Å². The van der Waals surface area contributed by atoms with Gasteiger partial charge in [-0.1, -0.05) is 36.3 Å². The number of thiazole rings is 1. The standard InChI is InChI=1S/C29H38N4O3S2/c1-28(2,3)32-27-31-25(23-7-5-4-6-22(23)24(34)18-29(19-30)12-13-29)26(37-27)20-8-10-21(11-9-20)33-14-16-38(35,36)17-15-33/h8-11,22-23H,4-7,12-18H2,1-3H3,(H,31,32)/t22-,23-/m1/s1. The number of sulfone groups is 1. The molecule has 0 spiro atoms. The van der Waals surface area contributed by atoms with E-state index >= 15 is 0 Å². The Labute approximate surface area is 230 Å². The van der Waals surface area contributed by atoms with Crippen molar-refractivity contribution < 1.29 is 13.2 Å². The van der Waals surface area contributed by atoms with Crippen molar-refractivity contribution in [1.29, 1.82) is 5.26 Å². The largest absolute Gasteiger partial charge is 0.369 e. The van der Waals surface area contributed by atoms with Gasteiger partial charge in [-0.2, -0.15) is 5.26 Å². The van der Waals surface area contributed by atoms with Crippen LogP contribution in [-0.4, -0.2) is 49.3 Å². The average Bonchev–Trinajstić information content (AvgIpc) is 3.53.